The van der Waals surface area contributed by atoms with E-state index in [1.807, 2.05) is 42.3 Å². The molecule has 0 fully saturated rings. The van der Waals surface area contributed by atoms with Gasteiger partial charge in [-0.15, -0.1) is 0 Å². The second-order valence-corrected chi connectivity index (χ2v) is 4.85. The van der Waals surface area contributed by atoms with Crippen LogP contribution in [0.15, 0.2) is 30.3 Å². The van der Waals surface area contributed by atoms with Gasteiger partial charge in [0.2, 0.25) is 5.78 Å². The molecule has 1 rings (SSSR count). The van der Waals surface area contributed by atoms with Crippen molar-refractivity contribution < 1.29 is 14.3 Å². The fraction of sp³-hybridized carbons (Fsp3) is 0.438. The zero-order valence-electron chi connectivity index (χ0n) is 13.0. The van der Waals surface area contributed by atoms with Crippen LogP contribution in [0.2, 0.25) is 0 Å². The topological polar surface area (TPSA) is 66.4 Å². The van der Waals surface area contributed by atoms with Crippen LogP contribution in [0.3, 0.4) is 0 Å². The van der Waals surface area contributed by atoms with Crippen molar-refractivity contribution in [3.05, 3.63) is 30.3 Å². The van der Waals surface area contributed by atoms with Gasteiger partial charge in [-0.3, -0.25) is 9.59 Å². The molecule has 21 heavy (non-hydrogen) atoms. The van der Waals surface area contributed by atoms with Crippen LogP contribution in [0.1, 0.15) is 33.6 Å². The molecule has 5 nitrogen and oxygen atoms in total. The second kappa shape index (κ2) is 8.19. The third kappa shape index (κ3) is 4.41. The fourth-order valence-corrected chi connectivity index (χ4v) is 2.25. The molecular weight excluding hydrogens is 266 g/mol. The number of hydrazine groups is 1. The van der Waals surface area contributed by atoms with E-state index >= 15 is 0 Å². The van der Waals surface area contributed by atoms with Crippen LogP contribution in [0.25, 0.3) is 0 Å². The van der Waals surface area contributed by atoms with Crippen LogP contribution in [-0.4, -0.2) is 35.2 Å². The number of primary amides is 1. The van der Waals surface area contributed by atoms with Crippen molar-refractivity contribution in [1.82, 2.24) is 0 Å². The van der Waals surface area contributed by atoms with E-state index in [1.165, 1.54) is 6.92 Å². The largest absolute Gasteiger partial charge is 0.360 e. The monoisotopic (exact) mass is 290 g/mol. The van der Waals surface area contributed by atoms with E-state index < -0.39 is 5.91 Å². The number of hydrogen-bond donors (Lipinski definition) is 1. The Bertz CT molecular complexity index is 508. The minimum absolute atomic E-state index is 0.0363. The van der Waals surface area contributed by atoms with E-state index in [4.69, 9.17) is 5.73 Å². The lowest BCUT2D eigenvalue weighted by atomic mass is 10.2. The van der Waals surface area contributed by atoms with Gasteiger partial charge in [-0.25, -0.2) is 0 Å². The van der Waals surface area contributed by atoms with Crippen molar-refractivity contribution >= 4 is 23.1 Å². The molecular formula is C16H24N3O2+. The molecule has 0 radical (unpaired) electrons. The average molecular weight is 290 g/mol. The molecule has 0 unspecified atom stereocenters. The van der Waals surface area contributed by atoms with E-state index in [9.17, 15) is 9.59 Å². The molecule has 0 saturated heterocycles. The maximum atomic E-state index is 11.8. The Kier molecular flexibility index (Phi) is 6.59. The second-order valence-electron chi connectivity index (χ2n) is 4.85. The Balaban J connectivity index is 3.42. The van der Waals surface area contributed by atoms with Crippen LogP contribution in [0.4, 0.5) is 5.69 Å². The average Bonchev–Trinajstić information content (AvgIpc) is 2.44. The van der Waals surface area contributed by atoms with E-state index in [2.05, 4.69) is 6.92 Å². The lowest BCUT2D eigenvalue weighted by molar-refractivity contribution is -0.539. The number of carbonyl (C=O) groups excluding carboxylic acids is 2. The number of benzene rings is 1. The predicted molar refractivity (Wildman–Crippen MR) is 84.4 cm³/mol. The summed E-state index contributed by atoms with van der Waals surface area (Å²) in [6, 6.07) is 9.70. The molecule has 1 amide bonds. The number of rotatable bonds is 8. The van der Waals surface area contributed by atoms with Gasteiger partial charge in [0, 0.05) is 13.3 Å². The highest BCUT2D eigenvalue weighted by Gasteiger charge is 2.30. The minimum Gasteiger partial charge on any atom is -0.360 e. The molecule has 0 aliphatic carbocycles. The first-order valence-electron chi connectivity index (χ1n) is 7.30. The number of carbonyl (C=O) groups is 2. The maximum absolute atomic E-state index is 11.8. The Morgan fingerprint density at radius 1 is 1.14 bits per heavy atom. The molecule has 0 aromatic heterocycles. The van der Waals surface area contributed by atoms with E-state index in [0.717, 1.165) is 18.5 Å². The fourth-order valence-electron chi connectivity index (χ4n) is 2.25. The SMILES string of the molecule is CCCN(c1ccccc1)[N+](CCC)=C(C(C)=O)C(N)=O. The molecule has 5 heteroatoms. The quantitative estimate of drug-likeness (QED) is 0.343. The van der Waals surface area contributed by atoms with E-state index in [-0.39, 0.29) is 11.5 Å². The third-order valence-corrected chi connectivity index (χ3v) is 3.04. The van der Waals surface area contributed by atoms with Crippen LogP contribution in [0, 0.1) is 0 Å². The number of hydrogen-bond acceptors (Lipinski definition) is 3. The van der Waals surface area contributed by atoms with E-state index in [0.29, 0.717) is 13.1 Å². The van der Waals surface area contributed by atoms with Gasteiger partial charge in [-0.1, -0.05) is 36.7 Å². The molecule has 0 spiro atoms. The maximum Gasteiger partial charge on any atom is 0.336 e. The van der Waals surface area contributed by atoms with Crippen molar-refractivity contribution in [3.8, 4) is 0 Å². The summed E-state index contributed by atoms with van der Waals surface area (Å²) in [4.78, 5) is 23.5. The molecule has 0 saturated carbocycles. The highest BCUT2D eigenvalue weighted by molar-refractivity contribution is 6.63. The number of anilines is 1. The number of hydrazone groups is 1. The lowest BCUT2D eigenvalue weighted by Gasteiger charge is -2.21. The summed E-state index contributed by atoms with van der Waals surface area (Å²) < 4.78 is 1.71. The number of nitrogens with two attached hydrogens (primary N) is 1. The Labute approximate surface area is 126 Å². The summed E-state index contributed by atoms with van der Waals surface area (Å²) in [6.45, 7) is 6.69. The highest BCUT2D eigenvalue weighted by atomic mass is 16.2. The summed E-state index contributed by atoms with van der Waals surface area (Å²) in [6.07, 6.45) is 1.69. The molecule has 0 aliphatic rings. The van der Waals surface area contributed by atoms with Gasteiger partial charge in [-0.05, 0) is 18.6 Å². The summed E-state index contributed by atoms with van der Waals surface area (Å²) in [7, 11) is 0. The smallest absolute Gasteiger partial charge is 0.336 e. The molecule has 1 aromatic carbocycles. The van der Waals surface area contributed by atoms with Crippen molar-refractivity contribution in [2.45, 2.75) is 33.6 Å². The van der Waals surface area contributed by atoms with Crippen LogP contribution in [-0.2, 0) is 9.59 Å². The zero-order chi connectivity index (χ0) is 15.8. The summed E-state index contributed by atoms with van der Waals surface area (Å²) in [5, 5.41) is 1.95. The van der Waals surface area contributed by atoms with Gasteiger partial charge in [0.05, 0.1) is 12.2 Å². The van der Waals surface area contributed by atoms with Crippen molar-refractivity contribution in [2.75, 3.05) is 18.1 Å². The van der Waals surface area contributed by atoms with Gasteiger partial charge < -0.3 is 5.73 Å². The van der Waals surface area contributed by atoms with Gasteiger partial charge in [-0.2, -0.15) is 5.01 Å². The molecule has 0 aliphatic heterocycles. The minimum atomic E-state index is -0.687. The predicted octanol–water partition coefficient (Wildman–Crippen LogP) is 1.76. The molecule has 0 bridgehead atoms. The third-order valence-electron chi connectivity index (χ3n) is 3.04. The Hall–Kier alpha value is -2.17. The summed E-state index contributed by atoms with van der Waals surface area (Å²) >= 11 is 0. The van der Waals surface area contributed by atoms with Gasteiger partial charge in [0.15, 0.2) is 6.54 Å². The van der Waals surface area contributed by atoms with Crippen molar-refractivity contribution in [1.29, 1.82) is 0 Å². The highest BCUT2D eigenvalue weighted by Crippen LogP contribution is 2.15. The number of ketones is 1. The van der Waals surface area contributed by atoms with Crippen LogP contribution in [0.5, 0.6) is 0 Å². The molecule has 1 aromatic rings. The first-order valence-corrected chi connectivity index (χ1v) is 7.30. The molecule has 114 valence electrons. The number of para-hydroxylation sites is 1. The molecule has 2 N–H and O–H groups in total. The van der Waals surface area contributed by atoms with E-state index in [1.54, 1.807) is 4.68 Å². The number of Topliss-reactive ketones (excluding diaryl/α,β-unsaturated/α-hetero) is 1. The zero-order valence-corrected chi connectivity index (χ0v) is 13.0. The van der Waals surface area contributed by atoms with Gasteiger partial charge >= 0.3 is 11.6 Å². The first kappa shape index (κ1) is 16.9. The summed E-state index contributed by atoms with van der Waals surface area (Å²) in [5.74, 6) is -0.999. The van der Waals surface area contributed by atoms with Crippen LogP contribution >= 0.6 is 0 Å². The number of amides is 1. The van der Waals surface area contributed by atoms with Gasteiger partial charge in [0.25, 0.3) is 0 Å². The summed E-state index contributed by atoms with van der Waals surface area (Å²) in [5.41, 5.74) is 6.39. The normalized spacial score (nSPS) is 11.8. The van der Waals surface area contributed by atoms with Crippen molar-refractivity contribution in [2.24, 2.45) is 5.73 Å². The molecule has 0 heterocycles. The lowest BCUT2D eigenvalue weighted by Crippen LogP contribution is -2.47. The first-order chi connectivity index (χ1) is 10.0. The Morgan fingerprint density at radius 3 is 2.19 bits per heavy atom. The Morgan fingerprint density at radius 2 is 1.76 bits per heavy atom. The molecule has 0 atom stereocenters. The van der Waals surface area contributed by atoms with Gasteiger partial charge in [0.1, 0.15) is 0 Å². The standard InChI is InChI=1S/C16H23N3O2/c1-4-11-18(14-9-7-6-8-10-14)19(12-5-2)15(13(3)20)16(17)21/h6-10H,4-5,11-12H2,1-3H3,(H-,17,21)/p+1. The van der Waals surface area contributed by atoms with Crippen molar-refractivity contribution in [3.63, 3.8) is 0 Å². The van der Waals surface area contributed by atoms with Crippen LogP contribution < -0.4 is 10.7 Å². The number of nitrogens with zero attached hydrogens (tertiary/aromatic N) is 2.